The summed E-state index contributed by atoms with van der Waals surface area (Å²) in [6, 6.07) is 0.478. The molecule has 5 fully saturated rings. The van der Waals surface area contributed by atoms with Crippen LogP contribution >= 0.6 is 0 Å². The maximum absolute atomic E-state index is 6.66. The van der Waals surface area contributed by atoms with E-state index in [1.54, 1.807) is 0 Å². The molecule has 11 atom stereocenters. The highest BCUT2D eigenvalue weighted by atomic mass is 14.8. The summed E-state index contributed by atoms with van der Waals surface area (Å²) in [4.78, 5) is 0. The maximum atomic E-state index is 6.66. The summed E-state index contributed by atoms with van der Waals surface area (Å²) in [6.45, 7) is 2.52. The van der Waals surface area contributed by atoms with E-state index >= 15 is 0 Å². The second-order valence-electron chi connectivity index (χ2n) is 11.5. The van der Waals surface area contributed by atoms with Gasteiger partial charge in [0.15, 0.2) is 0 Å². The molecule has 5 saturated carbocycles. The van der Waals surface area contributed by atoms with Crippen molar-refractivity contribution < 1.29 is 0 Å². The maximum Gasteiger partial charge on any atom is 0.00418 e. The molecule has 0 aliphatic heterocycles. The first kappa shape index (κ1) is 17.3. The number of nitrogens with two attached hydrogens (primary N) is 1. The predicted octanol–water partition coefficient (Wildman–Crippen LogP) is 5.96. The van der Waals surface area contributed by atoms with E-state index in [1.165, 1.54) is 64.2 Å². The molecule has 10 unspecified atom stereocenters. The first-order valence-electron chi connectivity index (χ1n) is 12.3. The van der Waals surface area contributed by atoms with Gasteiger partial charge in [-0.05, 0) is 104 Å². The SMILES string of the molecule is CC1CCC2C(C1)C1C=CC=CC1[C@]21C2CCCCC2C2CCC(N)CC21. The summed E-state index contributed by atoms with van der Waals surface area (Å²) in [5, 5.41) is 0. The van der Waals surface area contributed by atoms with E-state index in [0.29, 0.717) is 11.5 Å². The summed E-state index contributed by atoms with van der Waals surface area (Å²) >= 11 is 0. The number of allylic oxidation sites excluding steroid dienone is 4. The zero-order valence-electron chi connectivity index (χ0n) is 17.2. The Morgan fingerprint density at radius 3 is 2.44 bits per heavy atom. The van der Waals surface area contributed by atoms with Crippen molar-refractivity contribution in [2.75, 3.05) is 0 Å². The van der Waals surface area contributed by atoms with Crippen molar-refractivity contribution in [2.45, 2.75) is 77.2 Å². The van der Waals surface area contributed by atoms with E-state index in [-0.39, 0.29) is 0 Å². The van der Waals surface area contributed by atoms with Gasteiger partial charge in [-0.3, -0.25) is 0 Å². The second kappa shape index (κ2) is 6.22. The Morgan fingerprint density at radius 2 is 1.52 bits per heavy atom. The van der Waals surface area contributed by atoms with Crippen LogP contribution in [-0.4, -0.2) is 6.04 Å². The van der Waals surface area contributed by atoms with Crippen LogP contribution < -0.4 is 5.73 Å². The van der Waals surface area contributed by atoms with Gasteiger partial charge in [-0.15, -0.1) is 0 Å². The van der Waals surface area contributed by atoms with Crippen molar-refractivity contribution in [3.8, 4) is 0 Å². The van der Waals surface area contributed by atoms with E-state index in [0.717, 1.165) is 53.3 Å². The molecule has 6 rings (SSSR count). The molecule has 0 saturated heterocycles. The van der Waals surface area contributed by atoms with Gasteiger partial charge >= 0.3 is 0 Å². The highest BCUT2D eigenvalue weighted by Crippen LogP contribution is 2.76. The van der Waals surface area contributed by atoms with Gasteiger partial charge in [0.05, 0.1) is 0 Å². The summed E-state index contributed by atoms with van der Waals surface area (Å²) in [7, 11) is 0. The number of hydrogen-bond acceptors (Lipinski definition) is 1. The first-order chi connectivity index (χ1) is 13.2. The predicted molar refractivity (Wildman–Crippen MR) is 112 cm³/mol. The lowest BCUT2D eigenvalue weighted by molar-refractivity contribution is -0.0210. The van der Waals surface area contributed by atoms with Crippen LogP contribution in [-0.2, 0) is 0 Å². The van der Waals surface area contributed by atoms with Gasteiger partial charge in [-0.25, -0.2) is 0 Å². The molecule has 0 aromatic carbocycles. The van der Waals surface area contributed by atoms with E-state index < -0.39 is 0 Å². The van der Waals surface area contributed by atoms with Crippen LogP contribution in [0.15, 0.2) is 24.3 Å². The lowest BCUT2D eigenvalue weighted by Gasteiger charge is -2.51. The normalized spacial score (nSPS) is 58.6. The minimum Gasteiger partial charge on any atom is -0.328 e. The summed E-state index contributed by atoms with van der Waals surface area (Å²) in [5.41, 5.74) is 7.26. The van der Waals surface area contributed by atoms with Crippen LogP contribution in [0, 0.1) is 58.7 Å². The van der Waals surface area contributed by atoms with Crippen LogP contribution in [0.5, 0.6) is 0 Å². The number of fused-ring (bicyclic) bond motifs is 10. The largest absolute Gasteiger partial charge is 0.328 e. The summed E-state index contributed by atoms with van der Waals surface area (Å²) in [5.74, 6) is 8.54. The average molecular weight is 366 g/mol. The smallest absolute Gasteiger partial charge is 0.00418 e. The van der Waals surface area contributed by atoms with Crippen LogP contribution in [0.25, 0.3) is 0 Å². The van der Waals surface area contributed by atoms with Crippen molar-refractivity contribution in [1.82, 2.24) is 0 Å². The van der Waals surface area contributed by atoms with E-state index in [4.69, 9.17) is 5.73 Å². The molecule has 0 aromatic heterocycles. The lowest BCUT2D eigenvalue weighted by atomic mass is 9.53. The third kappa shape index (κ3) is 2.21. The first-order valence-corrected chi connectivity index (χ1v) is 12.3. The highest BCUT2D eigenvalue weighted by Gasteiger charge is 2.71. The molecule has 1 spiro atoms. The molecule has 0 amide bonds. The quantitative estimate of drug-likeness (QED) is 0.563. The van der Waals surface area contributed by atoms with Crippen molar-refractivity contribution in [1.29, 1.82) is 0 Å². The Hall–Kier alpha value is -0.560. The molecular weight excluding hydrogens is 326 g/mol. The van der Waals surface area contributed by atoms with E-state index in [2.05, 4.69) is 31.2 Å². The molecule has 6 aliphatic rings. The van der Waals surface area contributed by atoms with Crippen molar-refractivity contribution in [3.63, 3.8) is 0 Å². The minimum atomic E-state index is 0.478. The Kier molecular flexibility index (Phi) is 3.99. The zero-order valence-corrected chi connectivity index (χ0v) is 17.2. The Balaban J connectivity index is 1.51. The van der Waals surface area contributed by atoms with E-state index in [9.17, 15) is 0 Å². The topological polar surface area (TPSA) is 26.0 Å². The van der Waals surface area contributed by atoms with Gasteiger partial charge in [-0.2, -0.15) is 0 Å². The van der Waals surface area contributed by atoms with Crippen LogP contribution in [0.3, 0.4) is 0 Å². The fourth-order valence-electron chi connectivity index (χ4n) is 10.2. The van der Waals surface area contributed by atoms with Gasteiger partial charge in [0, 0.05) is 6.04 Å². The highest BCUT2D eigenvalue weighted by molar-refractivity contribution is 5.29. The second-order valence-corrected chi connectivity index (χ2v) is 11.5. The van der Waals surface area contributed by atoms with Gasteiger partial charge in [0.1, 0.15) is 0 Å². The molecule has 0 bridgehead atoms. The van der Waals surface area contributed by atoms with Gasteiger partial charge < -0.3 is 5.73 Å². The Labute approximate surface area is 166 Å². The van der Waals surface area contributed by atoms with Gasteiger partial charge in [0.25, 0.3) is 0 Å². The lowest BCUT2D eigenvalue weighted by Crippen LogP contribution is -2.47. The van der Waals surface area contributed by atoms with Crippen molar-refractivity contribution >= 4 is 0 Å². The molecule has 0 heterocycles. The molecule has 27 heavy (non-hydrogen) atoms. The minimum absolute atomic E-state index is 0.478. The van der Waals surface area contributed by atoms with Gasteiger partial charge in [-0.1, -0.05) is 50.5 Å². The third-order valence-corrected chi connectivity index (χ3v) is 10.7. The molecule has 148 valence electrons. The fraction of sp³-hybridized carbons (Fsp3) is 0.846. The average Bonchev–Trinajstić information content (AvgIpc) is 3.14. The molecule has 1 heteroatoms. The van der Waals surface area contributed by atoms with E-state index in [1.807, 2.05) is 0 Å². The molecule has 1 nitrogen and oxygen atoms in total. The van der Waals surface area contributed by atoms with Gasteiger partial charge in [0.2, 0.25) is 0 Å². The van der Waals surface area contributed by atoms with Crippen molar-refractivity contribution in [3.05, 3.63) is 24.3 Å². The third-order valence-electron chi connectivity index (χ3n) is 10.7. The standard InChI is InChI=1S/C26H39N/c1-16-10-13-24-21(14-16)19-7-3-5-9-23(19)26(24)22-8-4-2-6-18(22)20-12-11-17(27)15-25(20)26/h3,5,7,9,16-25H,2,4,6,8,10-15,27H2,1H3/t16?,17?,18?,19?,20?,21?,22?,23?,24?,25?,26-/m1/s1. The Bertz CT molecular complexity index is 649. The fourth-order valence-corrected chi connectivity index (χ4v) is 10.2. The van der Waals surface area contributed by atoms with Crippen LogP contribution in [0.1, 0.15) is 71.1 Å². The molecular formula is C26H39N. The van der Waals surface area contributed by atoms with Crippen LogP contribution in [0.2, 0.25) is 0 Å². The monoisotopic (exact) mass is 365 g/mol. The zero-order chi connectivity index (χ0) is 18.2. The number of hydrogen-bond donors (Lipinski definition) is 1. The van der Waals surface area contributed by atoms with Crippen molar-refractivity contribution in [2.24, 2.45) is 64.4 Å². The Morgan fingerprint density at radius 1 is 0.741 bits per heavy atom. The van der Waals surface area contributed by atoms with Crippen LogP contribution in [0.4, 0.5) is 0 Å². The molecule has 2 N–H and O–H groups in total. The molecule has 6 aliphatic carbocycles. The number of rotatable bonds is 0. The molecule has 0 radical (unpaired) electrons. The molecule has 0 aromatic rings. The summed E-state index contributed by atoms with van der Waals surface area (Å²) in [6.07, 6.45) is 24.8. The summed E-state index contributed by atoms with van der Waals surface area (Å²) < 4.78 is 0.